The number of carbonyl (C=O) groups is 1. The summed E-state index contributed by atoms with van der Waals surface area (Å²) in [6.45, 7) is 3.19. The second-order valence-electron chi connectivity index (χ2n) is 4.75. The predicted octanol–water partition coefficient (Wildman–Crippen LogP) is 2.80. The van der Waals surface area contributed by atoms with Crippen molar-refractivity contribution in [2.24, 2.45) is 0 Å². The Bertz CT molecular complexity index is 598. The molecule has 112 valence electrons. The highest BCUT2D eigenvalue weighted by atomic mass is 35.5. The fraction of sp³-hybridized carbons (Fsp3) is 0.333. The standard InChI is InChI=1S/C15H18ClN3O2/c1-11-9-14(19-21-11)18-15(20)6-8-17-7-5-12-3-2-4-13(16)10-12/h2-4,9-10,17H,5-8H2,1H3,(H,18,19,20). The second-order valence-corrected chi connectivity index (χ2v) is 5.19. The maximum Gasteiger partial charge on any atom is 0.226 e. The number of hydrogen-bond donors (Lipinski definition) is 2. The molecule has 0 radical (unpaired) electrons. The van der Waals surface area contributed by atoms with Crippen LogP contribution in [0.3, 0.4) is 0 Å². The van der Waals surface area contributed by atoms with Crippen LogP contribution in [0.1, 0.15) is 17.7 Å². The van der Waals surface area contributed by atoms with Gasteiger partial charge in [-0.05, 0) is 37.6 Å². The first-order valence-corrected chi connectivity index (χ1v) is 7.19. The molecule has 0 unspecified atom stereocenters. The number of nitrogens with zero attached hydrogens (tertiary/aromatic N) is 1. The number of hydrogen-bond acceptors (Lipinski definition) is 4. The summed E-state index contributed by atoms with van der Waals surface area (Å²) in [5.74, 6) is 1.04. The number of benzene rings is 1. The highest BCUT2D eigenvalue weighted by Crippen LogP contribution is 2.10. The number of carbonyl (C=O) groups excluding carboxylic acids is 1. The molecule has 0 aliphatic rings. The van der Waals surface area contributed by atoms with Crippen LogP contribution in [0.5, 0.6) is 0 Å². The lowest BCUT2D eigenvalue weighted by Gasteiger charge is -2.05. The lowest BCUT2D eigenvalue weighted by molar-refractivity contribution is -0.116. The topological polar surface area (TPSA) is 67.2 Å². The van der Waals surface area contributed by atoms with E-state index in [-0.39, 0.29) is 5.91 Å². The summed E-state index contributed by atoms with van der Waals surface area (Å²) < 4.78 is 4.88. The van der Waals surface area contributed by atoms with Crippen molar-refractivity contribution in [3.05, 3.63) is 46.7 Å². The van der Waals surface area contributed by atoms with E-state index in [1.807, 2.05) is 24.3 Å². The van der Waals surface area contributed by atoms with Gasteiger partial charge in [0.1, 0.15) is 5.76 Å². The molecule has 1 heterocycles. The van der Waals surface area contributed by atoms with Crippen LogP contribution in [-0.2, 0) is 11.2 Å². The molecule has 6 heteroatoms. The summed E-state index contributed by atoms with van der Waals surface area (Å²) in [6.07, 6.45) is 1.27. The van der Waals surface area contributed by atoms with Crippen molar-refractivity contribution < 1.29 is 9.32 Å². The van der Waals surface area contributed by atoms with Crippen LogP contribution in [-0.4, -0.2) is 24.2 Å². The lowest BCUT2D eigenvalue weighted by atomic mass is 10.1. The first-order valence-electron chi connectivity index (χ1n) is 6.82. The first kappa shape index (κ1) is 15.5. The SMILES string of the molecule is Cc1cc(NC(=O)CCNCCc2cccc(Cl)c2)no1. The van der Waals surface area contributed by atoms with E-state index in [0.29, 0.717) is 24.5 Å². The molecule has 0 spiro atoms. The Morgan fingerprint density at radius 2 is 2.19 bits per heavy atom. The molecule has 2 aromatic rings. The quantitative estimate of drug-likeness (QED) is 0.772. The highest BCUT2D eigenvalue weighted by Gasteiger charge is 2.05. The number of anilines is 1. The third-order valence-corrected chi connectivity index (χ3v) is 3.14. The van der Waals surface area contributed by atoms with E-state index in [0.717, 1.165) is 18.0 Å². The average molecular weight is 308 g/mol. The minimum Gasteiger partial charge on any atom is -0.360 e. The Labute approximate surface area is 128 Å². The second kappa shape index (κ2) is 7.81. The summed E-state index contributed by atoms with van der Waals surface area (Å²) in [5, 5.41) is 10.4. The molecule has 2 N–H and O–H groups in total. The fourth-order valence-corrected chi connectivity index (χ4v) is 2.10. The number of rotatable bonds is 7. The van der Waals surface area contributed by atoms with Gasteiger partial charge in [0.15, 0.2) is 5.82 Å². The number of halogens is 1. The van der Waals surface area contributed by atoms with Gasteiger partial charge >= 0.3 is 0 Å². The van der Waals surface area contributed by atoms with E-state index in [1.165, 1.54) is 5.56 Å². The largest absolute Gasteiger partial charge is 0.360 e. The Balaban J connectivity index is 1.60. The molecule has 0 atom stereocenters. The highest BCUT2D eigenvalue weighted by molar-refractivity contribution is 6.30. The summed E-state index contributed by atoms with van der Waals surface area (Å²) in [6, 6.07) is 9.46. The third-order valence-electron chi connectivity index (χ3n) is 2.90. The van der Waals surface area contributed by atoms with Gasteiger partial charge in [-0.15, -0.1) is 0 Å². The maximum atomic E-state index is 11.6. The molecule has 0 aliphatic heterocycles. The van der Waals surface area contributed by atoms with E-state index in [1.54, 1.807) is 13.0 Å². The average Bonchev–Trinajstić information content (AvgIpc) is 2.84. The third kappa shape index (κ3) is 5.57. The van der Waals surface area contributed by atoms with Crippen molar-refractivity contribution >= 4 is 23.3 Å². The van der Waals surface area contributed by atoms with Crippen LogP contribution in [0.2, 0.25) is 5.02 Å². The van der Waals surface area contributed by atoms with Crippen molar-refractivity contribution in [3.8, 4) is 0 Å². The van der Waals surface area contributed by atoms with Crippen LogP contribution < -0.4 is 10.6 Å². The zero-order valence-electron chi connectivity index (χ0n) is 11.9. The monoisotopic (exact) mass is 307 g/mol. The van der Waals surface area contributed by atoms with E-state index >= 15 is 0 Å². The van der Waals surface area contributed by atoms with E-state index in [9.17, 15) is 4.79 Å². The van der Waals surface area contributed by atoms with Crippen LogP contribution in [0.4, 0.5) is 5.82 Å². The molecule has 0 saturated heterocycles. The minimum absolute atomic E-state index is 0.0847. The van der Waals surface area contributed by atoms with Gasteiger partial charge in [-0.25, -0.2) is 0 Å². The molecular formula is C15H18ClN3O2. The van der Waals surface area contributed by atoms with Crippen molar-refractivity contribution in [2.45, 2.75) is 19.8 Å². The molecule has 2 rings (SSSR count). The van der Waals surface area contributed by atoms with Crippen molar-refractivity contribution in [2.75, 3.05) is 18.4 Å². The minimum atomic E-state index is -0.0847. The summed E-state index contributed by atoms with van der Waals surface area (Å²) in [7, 11) is 0. The van der Waals surface area contributed by atoms with Gasteiger partial charge in [0.2, 0.25) is 5.91 Å². The van der Waals surface area contributed by atoms with Gasteiger partial charge in [0, 0.05) is 24.1 Å². The molecule has 21 heavy (non-hydrogen) atoms. The lowest BCUT2D eigenvalue weighted by Crippen LogP contribution is -2.23. The Hall–Kier alpha value is -1.85. The number of amides is 1. The van der Waals surface area contributed by atoms with Crippen LogP contribution >= 0.6 is 11.6 Å². The van der Waals surface area contributed by atoms with Gasteiger partial charge in [-0.2, -0.15) is 0 Å². The van der Waals surface area contributed by atoms with Gasteiger partial charge in [-0.1, -0.05) is 28.9 Å². The molecule has 0 aliphatic carbocycles. The Morgan fingerprint density at radius 3 is 2.90 bits per heavy atom. The van der Waals surface area contributed by atoms with Crippen LogP contribution in [0.25, 0.3) is 0 Å². The number of aromatic nitrogens is 1. The molecule has 0 bridgehead atoms. The van der Waals surface area contributed by atoms with E-state index in [2.05, 4.69) is 15.8 Å². The zero-order valence-corrected chi connectivity index (χ0v) is 12.6. The number of aryl methyl sites for hydroxylation is 1. The summed E-state index contributed by atoms with van der Waals surface area (Å²) in [5.41, 5.74) is 1.18. The number of nitrogens with one attached hydrogen (secondary N) is 2. The van der Waals surface area contributed by atoms with Crippen molar-refractivity contribution in [1.82, 2.24) is 10.5 Å². The summed E-state index contributed by atoms with van der Waals surface area (Å²) in [4.78, 5) is 11.6. The van der Waals surface area contributed by atoms with E-state index < -0.39 is 0 Å². The van der Waals surface area contributed by atoms with Gasteiger partial charge < -0.3 is 15.2 Å². The van der Waals surface area contributed by atoms with E-state index in [4.69, 9.17) is 16.1 Å². The normalized spacial score (nSPS) is 10.6. The molecule has 1 amide bonds. The molecule has 0 saturated carbocycles. The van der Waals surface area contributed by atoms with Crippen molar-refractivity contribution in [3.63, 3.8) is 0 Å². The van der Waals surface area contributed by atoms with Crippen molar-refractivity contribution in [1.29, 1.82) is 0 Å². The van der Waals surface area contributed by atoms with Gasteiger partial charge in [0.25, 0.3) is 0 Å². The molecule has 5 nitrogen and oxygen atoms in total. The molecule has 0 fully saturated rings. The maximum absolute atomic E-state index is 11.6. The molecular weight excluding hydrogens is 290 g/mol. The summed E-state index contributed by atoms with van der Waals surface area (Å²) >= 11 is 5.92. The fourth-order valence-electron chi connectivity index (χ4n) is 1.88. The van der Waals surface area contributed by atoms with Crippen LogP contribution in [0.15, 0.2) is 34.9 Å². The first-order chi connectivity index (χ1) is 10.1. The zero-order chi connectivity index (χ0) is 15.1. The smallest absolute Gasteiger partial charge is 0.226 e. The Morgan fingerprint density at radius 1 is 1.33 bits per heavy atom. The van der Waals surface area contributed by atoms with Gasteiger partial charge in [-0.3, -0.25) is 4.79 Å². The Kier molecular flexibility index (Phi) is 5.78. The van der Waals surface area contributed by atoms with Crippen LogP contribution in [0, 0.1) is 6.92 Å². The van der Waals surface area contributed by atoms with Gasteiger partial charge in [0.05, 0.1) is 0 Å². The predicted molar refractivity (Wildman–Crippen MR) is 82.5 cm³/mol. The molecule has 1 aromatic heterocycles. The molecule has 1 aromatic carbocycles.